The molecule has 23 heavy (non-hydrogen) atoms. The summed E-state index contributed by atoms with van der Waals surface area (Å²) in [6.45, 7) is 0. The summed E-state index contributed by atoms with van der Waals surface area (Å²) in [5, 5.41) is 8.97. The number of rotatable bonds is 4. The van der Waals surface area contributed by atoms with E-state index in [-0.39, 0.29) is 16.8 Å². The summed E-state index contributed by atoms with van der Waals surface area (Å²) in [5.41, 5.74) is 6.32. The fourth-order valence-electron chi connectivity index (χ4n) is 2.31. The molecule has 1 radical (unpaired) electrons. The first-order valence-corrected chi connectivity index (χ1v) is 8.49. The molecule has 0 heterocycles. The van der Waals surface area contributed by atoms with Gasteiger partial charge in [-0.1, -0.05) is 18.2 Å². The topological polar surface area (TPSA) is 96.0 Å². The van der Waals surface area contributed by atoms with Gasteiger partial charge in [0.2, 0.25) is 10.0 Å². The number of benzene rings is 2. The van der Waals surface area contributed by atoms with Crippen LogP contribution in [-0.4, -0.2) is 13.7 Å². The van der Waals surface area contributed by atoms with Crippen LogP contribution in [0.1, 0.15) is 18.4 Å². The quantitative estimate of drug-likeness (QED) is 0.842. The van der Waals surface area contributed by atoms with E-state index in [4.69, 9.17) is 5.73 Å². The van der Waals surface area contributed by atoms with Crippen molar-refractivity contribution in [1.82, 2.24) is 0 Å². The lowest BCUT2D eigenvalue weighted by molar-refractivity contribution is 0.599. The highest BCUT2D eigenvalue weighted by atomic mass is 32.2. The van der Waals surface area contributed by atoms with Gasteiger partial charge in [-0.2, -0.15) is 5.26 Å². The molecule has 0 aromatic heterocycles. The van der Waals surface area contributed by atoms with E-state index in [2.05, 4.69) is 10.8 Å². The third-order valence-corrected chi connectivity index (χ3v) is 5.49. The Labute approximate surface area is 133 Å². The molecule has 0 atom stereocenters. The zero-order valence-corrected chi connectivity index (χ0v) is 12.8. The van der Waals surface area contributed by atoms with Crippen molar-refractivity contribution >= 4 is 21.4 Å². The van der Waals surface area contributed by atoms with Crippen LogP contribution in [0.2, 0.25) is 0 Å². The highest BCUT2D eigenvalue weighted by molar-refractivity contribution is 7.93. The molecule has 3 rings (SSSR count). The molecule has 0 unspecified atom stereocenters. The molecule has 117 valence electrons. The molecule has 2 aromatic rings. The van der Waals surface area contributed by atoms with Gasteiger partial charge in [0.1, 0.15) is 11.9 Å². The highest BCUT2D eigenvalue weighted by Gasteiger charge is 2.36. The largest absolute Gasteiger partial charge is 0.398 e. The summed E-state index contributed by atoms with van der Waals surface area (Å²) in [5.74, 6) is -0.756. The monoisotopic (exact) mass is 330 g/mol. The number of nitrogens with zero attached hydrogens (tertiary/aromatic N) is 1. The molecule has 0 spiro atoms. The van der Waals surface area contributed by atoms with Crippen LogP contribution >= 0.6 is 0 Å². The molecule has 0 saturated heterocycles. The van der Waals surface area contributed by atoms with Gasteiger partial charge in [0.25, 0.3) is 0 Å². The number of para-hydroxylation sites is 1. The number of sulfonamides is 1. The third-order valence-electron chi connectivity index (χ3n) is 3.64. The minimum absolute atomic E-state index is 0.0130. The molecule has 3 N–H and O–H groups in total. The van der Waals surface area contributed by atoms with E-state index in [1.165, 1.54) is 0 Å². The Hall–Kier alpha value is -2.59. The summed E-state index contributed by atoms with van der Waals surface area (Å²) in [6, 6.07) is 11.9. The minimum Gasteiger partial charge on any atom is -0.398 e. The Morgan fingerprint density at radius 3 is 2.65 bits per heavy atom. The van der Waals surface area contributed by atoms with Crippen LogP contribution < -0.4 is 10.5 Å². The molecule has 1 saturated carbocycles. The van der Waals surface area contributed by atoms with Crippen molar-refractivity contribution in [2.75, 3.05) is 10.5 Å². The van der Waals surface area contributed by atoms with Crippen LogP contribution in [0.25, 0.3) is 11.1 Å². The van der Waals surface area contributed by atoms with Gasteiger partial charge in [0.05, 0.1) is 16.5 Å². The van der Waals surface area contributed by atoms with Crippen molar-refractivity contribution in [3.63, 3.8) is 0 Å². The normalized spacial score (nSPS) is 14.3. The first kappa shape index (κ1) is 15.3. The van der Waals surface area contributed by atoms with Crippen molar-refractivity contribution in [3.8, 4) is 17.2 Å². The second-order valence-electron chi connectivity index (χ2n) is 5.31. The van der Waals surface area contributed by atoms with Gasteiger partial charge in [0.15, 0.2) is 0 Å². The second-order valence-corrected chi connectivity index (χ2v) is 7.27. The molecular weight excluding hydrogens is 317 g/mol. The first-order chi connectivity index (χ1) is 10.9. The van der Waals surface area contributed by atoms with Gasteiger partial charge < -0.3 is 5.73 Å². The number of hydrogen-bond acceptors (Lipinski definition) is 4. The van der Waals surface area contributed by atoms with Gasteiger partial charge >= 0.3 is 0 Å². The maximum atomic E-state index is 14.2. The zero-order chi connectivity index (χ0) is 16.6. The molecule has 1 aliphatic carbocycles. The zero-order valence-electron chi connectivity index (χ0n) is 12.0. The predicted octanol–water partition coefficient (Wildman–Crippen LogP) is 2.65. The Kier molecular flexibility index (Phi) is 3.70. The first-order valence-electron chi connectivity index (χ1n) is 6.95. The minimum atomic E-state index is -3.57. The SMILES string of the molecule is N#Cc1c(NS(=O)(=O)C2CC2)c[c]c(F)c1-c1ccccc1N. The maximum Gasteiger partial charge on any atom is 0.235 e. The maximum absolute atomic E-state index is 14.2. The third kappa shape index (κ3) is 2.85. The lowest BCUT2D eigenvalue weighted by Gasteiger charge is -2.14. The fourth-order valence-corrected chi connectivity index (χ4v) is 3.70. The number of anilines is 2. The van der Waals surface area contributed by atoms with Crippen molar-refractivity contribution in [2.24, 2.45) is 0 Å². The van der Waals surface area contributed by atoms with Crippen molar-refractivity contribution < 1.29 is 12.8 Å². The van der Waals surface area contributed by atoms with E-state index in [1.54, 1.807) is 24.3 Å². The second kappa shape index (κ2) is 5.56. The van der Waals surface area contributed by atoms with E-state index in [1.807, 2.05) is 6.07 Å². The van der Waals surface area contributed by atoms with Crippen molar-refractivity contribution in [1.29, 1.82) is 5.26 Å². The summed E-state index contributed by atoms with van der Waals surface area (Å²) in [7, 11) is -3.57. The summed E-state index contributed by atoms with van der Waals surface area (Å²) in [6.07, 6.45) is 1.17. The molecule has 1 aliphatic rings. The average Bonchev–Trinajstić information content (AvgIpc) is 3.35. The van der Waals surface area contributed by atoms with E-state index < -0.39 is 21.1 Å². The summed E-state index contributed by atoms with van der Waals surface area (Å²) < 4.78 is 40.8. The summed E-state index contributed by atoms with van der Waals surface area (Å²) in [4.78, 5) is 0. The van der Waals surface area contributed by atoms with Gasteiger partial charge in [0, 0.05) is 22.9 Å². The molecule has 1 fully saturated rings. The highest BCUT2D eigenvalue weighted by Crippen LogP contribution is 2.36. The lowest BCUT2D eigenvalue weighted by atomic mass is 9.97. The van der Waals surface area contributed by atoms with Crippen LogP contribution in [0, 0.1) is 23.2 Å². The predicted molar refractivity (Wildman–Crippen MR) is 85.4 cm³/mol. The fraction of sp³-hybridized carbons (Fsp3) is 0.188. The number of hydrogen-bond donors (Lipinski definition) is 2. The van der Waals surface area contributed by atoms with Crippen LogP contribution in [-0.2, 0) is 10.0 Å². The van der Waals surface area contributed by atoms with Gasteiger partial charge in [-0.25, -0.2) is 12.8 Å². The van der Waals surface area contributed by atoms with Crippen LogP contribution in [0.5, 0.6) is 0 Å². The smallest absolute Gasteiger partial charge is 0.235 e. The van der Waals surface area contributed by atoms with Gasteiger partial charge in [-0.05, 0) is 25.0 Å². The molecule has 0 bridgehead atoms. The Bertz CT molecular complexity index is 915. The number of nitriles is 1. The van der Waals surface area contributed by atoms with E-state index in [0.717, 1.165) is 6.07 Å². The Balaban J connectivity index is 2.16. The van der Waals surface area contributed by atoms with Crippen LogP contribution in [0.15, 0.2) is 30.3 Å². The lowest BCUT2D eigenvalue weighted by Crippen LogP contribution is -2.18. The molecule has 7 heteroatoms. The van der Waals surface area contributed by atoms with Crippen molar-refractivity contribution in [2.45, 2.75) is 18.1 Å². The number of halogens is 1. The number of nitrogens with two attached hydrogens (primary N) is 1. The number of nitrogen functional groups attached to an aromatic ring is 1. The van der Waals surface area contributed by atoms with E-state index in [9.17, 15) is 18.1 Å². The van der Waals surface area contributed by atoms with E-state index >= 15 is 0 Å². The molecule has 0 aliphatic heterocycles. The molecule has 2 aromatic carbocycles. The van der Waals surface area contributed by atoms with Gasteiger partial charge in [-0.3, -0.25) is 4.72 Å². The van der Waals surface area contributed by atoms with Crippen LogP contribution in [0.3, 0.4) is 0 Å². The molecular formula is C16H13FN3O2S. The van der Waals surface area contributed by atoms with Crippen LogP contribution in [0.4, 0.5) is 15.8 Å². The Morgan fingerprint density at radius 1 is 1.35 bits per heavy atom. The number of nitrogens with one attached hydrogen (secondary N) is 1. The Morgan fingerprint density at radius 2 is 2.04 bits per heavy atom. The average molecular weight is 330 g/mol. The molecule has 0 amide bonds. The standard InChI is InChI=1S/C16H13FN3O2S/c17-13-7-8-15(20-23(21,22)10-5-6-10)12(9-18)16(13)11-3-1-2-4-14(11)19/h1-4,8,10,20H,5-6,19H2. The van der Waals surface area contributed by atoms with E-state index in [0.29, 0.717) is 24.1 Å². The van der Waals surface area contributed by atoms with Gasteiger partial charge in [-0.15, -0.1) is 0 Å². The van der Waals surface area contributed by atoms with Crippen molar-refractivity contribution in [3.05, 3.63) is 47.8 Å². The summed E-state index contributed by atoms with van der Waals surface area (Å²) >= 11 is 0. The molecule has 5 nitrogen and oxygen atoms in total.